The second kappa shape index (κ2) is 14.7. The summed E-state index contributed by atoms with van der Waals surface area (Å²) in [6.45, 7) is 0.137. The van der Waals surface area contributed by atoms with Crippen molar-refractivity contribution in [1.82, 2.24) is 4.57 Å². The number of nitrogens with two attached hydrogens (primary N) is 1. The van der Waals surface area contributed by atoms with E-state index in [2.05, 4.69) is 0 Å². The van der Waals surface area contributed by atoms with Crippen molar-refractivity contribution in [2.24, 2.45) is 0 Å². The summed E-state index contributed by atoms with van der Waals surface area (Å²) in [6, 6.07) is 20.5. The molecule has 0 fully saturated rings. The quantitative estimate of drug-likeness (QED) is 0.131. The fourth-order valence-corrected chi connectivity index (χ4v) is 5.30. The number of ether oxygens (including phenoxy) is 7. The molecule has 246 valence electrons. The normalized spacial score (nSPS) is 10.5. The molecule has 2 N–H and O–H groups in total. The number of halogens is 1. The van der Waals surface area contributed by atoms with Crippen LogP contribution in [0.5, 0.6) is 34.5 Å². The molecule has 0 bridgehead atoms. The maximum Gasteiger partial charge on any atom is 0.355 e. The highest BCUT2D eigenvalue weighted by Gasteiger charge is 2.27. The first-order chi connectivity index (χ1) is 22.3. The van der Waals surface area contributed by atoms with E-state index < -0.39 is 11.5 Å². The number of benzene rings is 4. The second-order valence-corrected chi connectivity index (χ2v) is 10.0. The third-order valence-corrected chi connectivity index (χ3v) is 7.52. The molecule has 0 radical (unpaired) electrons. The molecule has 0 aliphatic carbocycles. The van der Waals surface area contributed by atoms with Crippen LogP contribution in [0, 0.1) is 0 Å². The lowest BCUT2D eigenvalue weighted by Gasteiger charge is -2.21. The number of nitrogens with zero attached hydrogens (tertiary/aromatic N) is 1. The van der Waals surface area contributed by atoms with Crippen LogP contribution in [-0.2, 0) is 11.3 Å². The maximum atomic E-state index is 14.4. The van der Waals surface area contributed by atoms with Crippen LogP contribution in [0.4, 0.5) is 5.69 Å². The zero-order valence-electron chi connectivity index (χ0n) is 26.7. The van der Waals surface area contributed by atoms with Gasteiger partial charge in [-0.3, -0.25) is 9.36 Å². The number of pyridine rings is 1. The number of fused-ring (bicyclic) bond motifs is 1. The van der Waals surface area contributed by atoms with Gasteiger partial charge >= 0.3 is 5.97 Å². The first-order valence-electron chi connectivity index (χ1n) is 14.1. The van der Waals surface area contributed by atoms with Gasteiger partial charge in [-0.1, -0.05) is 0 Å². The molecule has 5 aromatic rings. The van der Waals surface area contributed by atoms with Gasteiger partial charge in [0.2, 0.25) is 5.75 Å². The molecule has 0 atom stereocenters. The van der Waals surface area contributed by atoms with Gasteiger partial charge in [0, 0.05) is 22.5 Å². The molecule has 1 aromatic heterocycles. The fraction of sp³-hybridized carbons (Fsp3) is 0.200. The molecule has 0 aliphatic heterocycles. The number of aromatic nitrogens is 1. The molecule has 5 rings (SSSR count). The van der Waals surface area contributed by atoms with E-state index in [-0.39, 0.29) is 30.1 Å². The van der Waals surface area contributed by atoms with Crippen molar-refractivity contribution >= 4 is 34.8 Å². The SMILES string of the molecule is COC(=O)c1c(-c2cc(OC)c(OC)c(OC)c2)c2ccc(OCc3cc(OC)ccc3OC)cc2c(=O)n1-c1ccc(N)cc1.Cl. The number of methoxy groups -OCH3 is 6. The van der Waals surface area contributed by atoms with Crippen molar-refractivity contribution in [1.29, 1.82) is 0 Å². The van der Waals surface area contributed by atoms with Gasteiger partial charge < -0.3 is 38.9 Å². The van der Waals surface area contributed by atoms with Crippen LogP contribution in [-0.4, -0.2) is 53.2 Å². The Morgan fingerprint density at radius 3 is 1.91 bits per heavy atom. The highest BCUT2D eigenvalue weighted by Crippen LogP contribution is 2.44. The van der Waals surface area contributed by atoms with E-state index in [0.717, 1.165) is 5.56 Å². The van der Waals surface area contributed by atoms with Gasteiger partial charge in [-0.05, 0) is 83.7 Å². The standard InChI is InChI=1S/C35H34N2O9.ClH/c1-40-24-12-14-28(41-2)21(15-24)19-46-25-11-13-26-27(18-25)34(38)37(23-9-7-22(36)8-10-23)32(35(39)45-6)31(26)20-16-29(42-3)33(44-5)30(17-20)43-4;/h7-18H,19,36H2,1-6H3;1H. The number of anilines is 1. The number of hydrogen-bond donors (Lipinski definition) is 1. The third-order valence-electron chi connectivity index (χ3n) is 7.52. The van der Waals surface area contributed by atoms with Gasteiger partial charge in [-0.25, -0.2) is 4.79 Å². The van der Waals surface area contributed by atoms with Gasteiger partial charge in [0.25, 0.3) is 5.56 Å². The van der Waals surface area contributed by atoms with Gasteiger partial charge in [-0.2, -0.15) is 0 Å². The number of hydrogen-bond acceptors (Lipinski definition) is 10. The summed E-state index contributed by atoms with van der Waals surface area (Å²) < 4.78 is 40.3. The molecule has 0 amide bonds. The number of rotatable bonds is 11. The van der Waals surface area contributed by atoms with E-state index >= 15 is 0 Å². The smallest absolute Gasteiger partial charge is 0.355 e. The molecule has 0 aliphatic rings. The Bertz CT molecular complexity index is 1950. The first-order valence-corrected chi connectivity index (χ1v) is 14.1. The summed E-state index contributed by atoms with van der Waals surface area (Å²) in [5, 5.41) is 0.751. The summed E-state index contributed by atoms with van der Waals surface area (Å²) in [4.78, 5) is 28.0. The molecule has 0 saturated carbocycles. The van der Waals surface area contributed by atoms with E-state index in [1.165, 1.54) is 33.0 Å². The Morgan fingerprint density at radius 1 is 0.702 bits per heavy atom. The van der Waals surface area contributed by atoms with Crippen molar-refractivity contribution in [3.63, 3.8) is 0 Å². The molecular weight excluding hydrogens is 628 g/mol. The van der Waals surface area contributed by atoms with Crippen molar-refractivity contribution in [3.8, 4) is 51.3 Å². The lowest BCUT2D eigenvalue weighted by atomic mass is 9.95. The largest absolute Gasteiger partial charge is 0.497 e. The minimum atomic E-state index is -0.731. The molecule has 0 saturated heterocycles. The van der Waals surface area contributed by atoms with E-state index in [0.29, 0.717) is 62.4 Å². The number of nitrogen functional groups attached to an aromatic ring is 1. The molecule has 0 unspecified atom stereocenters. The molecule has 12 heteroatoms. The number of carbonyl (C=O) groups is 1. The van der Waals surface area contributed by atoms with Crippen LogP contribution < -0.4 is 39.7 Å². The second-order valence-electron chi connectivity index (χ2n) is 10.0. The predicted molar refractivity (Wildman–Crippen MR) is 182 cm³/mol. The van der Waals surface area contributed by atoms with Crippen LogP contribution in [0.25, 0.3) is 27.6 Å². The van der Waals surface area contributed by atoms with Crippen molar-refractivity contribution < 1.29 is 38.0 Å². The molecule has 11 nitrogen and oxygen atoms in total. The van der Waals surface area contributed by atoms with E-state index in [9.17, 15) is 9.59 Å². The fourth-order valence-electron chi connectivity index (χ4n) is 5.30. The minimum Gasteiger partial charge on any atom is -0.497 e. The van der Waals surface area contributed by atoms with Crippen molar-refractivity contribution in [2.75, 3.05) is 48.4 Å². The number of esters is 1. The zero-order chi connectivity index (χ0) is 33.0. The zero-order valence-corrected chi connectivity index (χ0v) is 27.6. The average molecular weight is 663 g/mol. The summed E-state index contributed by atoms with van der Waals surface area (Å²) in [5.41, 5.74) is 8.04. The van der Waals surface area contributed by atoms with E-state index in [1.54, 1.807) is 80.9 Å². The lowest BCUT2D eigenvalue weighted by Crippen LogP contribution is -2.27. The summed E-state index contributed by atoms with van der Waals surface area (Å²) in [7, 11) is 8.90. The van der Waals surface area contributed by atoms with Crippen LogP contribution in [0.1, 0.15) is 16.1 Å². The first kappa shape index (κ1) is 34.3. The minimum absolute atomic E-state index is 0. The number of carbonyl (C=O) groups excluding carboxylic acids is 1. The Labute approximate surface area is 277 Å². The molecule has 1 heterocycles. The average Bonchev–Trinajstić information content (AvgIpc) is 3.09. The molecular formula is C35H35ClN2O9. The Kier molecular flexibility index (Phi) is 10.7. The van der Waals surface area contributed by atoms with Crippen LogP contribution in [0.15, 0.2) is 77.6 Å². The van der Waals surface area contributed by atoms with Gasteiger partial charge in [0.05, 0.1) is 48.0 Å². The summed E-state index contributed by atoms with van der Waals surface area (Å²) in [5.74, 6) is 2.05. The Hall–Kier alpha value is -5.55. The van der Waals surface area contributed by atoms with Gasteiger partial charge in [0.15, 0.2) is 11.5 Å². The van der Waals surface area contributed by atoms with Crippen LogP contribution in [0.2, 0.25) is 0 Å². The monoisotopic (exact) mass is 662 g/mol. The lowest BCUT2D eigenvalue weighted by molar-refractivity contribution is 0.0591. The van der Waals surface area contributed by atoms with Gasteiger partial charge in [-0.15, -0.1) is 12.4 Å². The molecule has 47 heavy (non-hydrogen) atoms. The highest BCUT2D eigenvalue weighted by atomic mass is 35.5. The van der Waals surface area contributed by atoms with Gasteiger partial charge in [0.1, 0.15) is 29.5 Å². The predicted octanol–water partition coefficient (Wildman–Crippen LogP) is 6.07. The van der Waals surface area contributed by atoms with Crippen molar-refractivity contribution in [3.05, 3.63) is 94.4 Å². The Balaban J connectivity index is 0.00000500. The maximum absolute atomic E-state index is 14.4. The van der Waals surface area contributed by atoms with E-state index in [1.807, 2.05) is 6.07 Å². The van der Waals surface area contributed by atoms with Crippen molar-refractivity contribution in [2.45, 2.75) is 6.61 Å². The third kappa shape index (κ3) is 6.56. The summed E-state index contributed by atoms with van der Waals surface area (Å²) >= 11 is 0. The summed E-state index contributed by atoms with van der Waals surface area (Å²) in [6.07, 6.45) is 0. The Morgan fingerprint density at radius 2 is 1.34 bits per heavy atom. The van der Waals surface area contributed by atoms with Crippen LogP contribution in [0.3, 0.4) is 0 Å². The molecule has 0 spiro atoms. The molecule has 4 aromatic carbocycles. The highest BCUT2D eigenvalue weighted by molar-refractivity contribution is 6.08. The van der Waals surface area contributed by atoms with E-state index in [4.69, 9.17) is 38.9 Å². The van der Waals surface area contributed by atoms with Crippen LogP contribution >= 0.6 is 12.4 Å². The topological polar surface area (TPSA) is 130 Å².